The number of nitrogens with one attached hydrogen (secondary N) is 2. The highest BCUT2D eigenvalue weighted by Gasteiger charge is 2.38. The van der Waals surface area contributed by atoms with E-state index >= 15 is 0 Å². The fraction of sp³-hybridized carbons (Fsp3) is 0.882. The van der Waals surface area contributed by atoms with E-state index < -0.39 is 0 Å². The molecule has 3 aliphatic rings. The van der Waals surface area contributed by atoms with Crippen molar-refractivity contribution in [3.8, 4) is 0 Å². The summed E-state index contributed by atoms with van der Waals surface area (Å²) in [7, 11) is 2.08. The van der Waals surface area contributed by atoms with Crippen LogP contribution < -0.4 is 10.6 Å². The summed E-state index contributed by atoms with van der Waals surface area (Å²) in [4.78, 5) is 28.6. The zero-order valence-corrected chi connectivity index (χ0v) is 14.2. The maximum absolute atomic E-state index is 12.3. The van der Waals surface area contributed by atoms with Crippen molar-refractivity contribution in [3.63, 3.8) is 0 Å². The van der Waals surface area contributed by atoms with Gasteiger partial charge in [-0.15, -0.1) is 0 Å². The summed E-state index contributed by atoms with van der Waals surface area (Å²) in [5, 5.41) is 6.44. The molecule has 0 bridgehead atoms. The Morgan fingerprint density at radius 2 is 1.87 bits per heavy atom. The van der Waals surface area contributed by atoms with E-state index in [1.165, 1.54) is 25.7 Å². The van der Waals surface area contributed by atoms with E-state index in [-0.39, 0.29) is 17.9 Å². The lowest BCUT2D eigenvalue weighted by molar-refractivity contribution is -0.132. The Bertz CT molecular complexity index is 420. The van der Waals surface area contributed by atoms with Gasteiger partial charge < -0.3 is 20.4 Å². The summed E-state index contributed by atoms with van der Waals surface area (Å²) in [6.45, 7) is 3.94. The minimum atomic E-state index is -0.0539. The van der Waals surface area contributed by atoms with Gasteiger partial charge in [-0.25, -0.2) is 0 Å². The molecule has 2 N–H and O–H groups in total. The van der Waals surface area contributed by atoms with Gasteiger partial charge in [0, 0.05) is 45.2 Å². The third-order valence-corrected chi connectivity index (χ3v) is 5.67. The zero-order valence-electron chi connectivity index (χ0n) is 14.2. The molecule has 3 atom stereocenters. The Balaban J connectivity index is 1.35. The molecule has 0 radical (unpaired) electrons. The number of rotatable bonds is 4. The summed E-state index contributed by atoms with van der Waals surface area (Å²) in [6, 6.07) is 0.480. The smallest absolute Gasteiger partial charge is 0.237 e. The second kappa shape index (κ2) is 7.62. The first kappa shape index (κ1) is 16.7. The average Bonchev–Trinajstić information content (AvgIpc) is 2.99. The second-order valence-corrected chi connectivity index (χ2v) is 7.33. The summed E-state index contributed by atoms with van der Waals surface area (Å²) >= 11 is 0. The van der Waals surface area contributed by atoms with Crippen LogP contribution in [-0.4, -0.2) is 73.5 Å². The third-order valence-electron chi connectivity index (χ3n) is 5.67. The highest BCUT2D eigenvalue weighted by molar-refractivity contribution is 5.83. The van der Waals surface area contributed by atoms with Crippen LogP contribution in [0.2, 0.25) is 0 Å². The molecule has 0 aromatic heterocycles. The van der Waals surface area contributed by atoms with Gasteiger partial charge in [0.15, 0.2) is 0 Å². The molecule has 0 spiro atoms. The normalized spacial score (nSPS) is 31.7. The van der Waals surface area contributed by atoms with Gasteiger partial charge >= 0.3 is 0 Å². The summed E-state index contributed by atoms with van der Waals surface area (Å²) < 4.78 is 0. The van der Waals surface area contributed by atoms with Gasteiger partial charge in [-0.05, 0) is 32.2 Å². The number of nitrogens with zero attached hydrogens (tertiary/aromatic N) is 2. The van der Waals surface area contributed by atoms with Gasteiger partial charge in [-0.1, -0.05) is 12.8 Å². The SMILES string of the molecule is CN1CCN(C(=O)CCNC(=O)C2CC3CCCCC3N2)CC1. The lowest BCUT2D eigenvalue weighted by Crippen LogP contribution is -2.48. The maximum Gasteiger partial charge on any atom is 0.237 e. The summed E-state index contributed by atoms with van der Waals surface area (Å²) in [6.07, 6.45) is 6.41. The highest BCUT2D eigenvalue weighted by Crippen LogP contribution is 2.33. The average molecular weight is 322 g/mol. The molecule has 6 nitrogen and oxygen atoms in total. The van der Waals surface area contributed by atoms with Crippen molar-refractivity contribution in [1.82, 2.24) is 20.4 Å². The number of hydrogen-bond acceptors (Lipinski definition) is 4. The quantitative estimate of drug-likeness (QED) is 0.775. The topological polar surface area (TPSA) is 64.7 Å². The van der Waals surface area contributed by atoms with Crippen LogP contribution in [-0.2, 0) is 9.59 Å². The monoisotopic (exact) mass is 322 g/mol. The van der Waals surface area contributed by atoms with E-state index in [9.17, 15) is 9.59 Å². The van der Waals surface area contributed by atoms with Crippen LogP contribution in [0.15, 0.2) is 0 Å². The molecule has 2 saturated heterocycles. The number of hydrogen-bond donors (Lipinski definition) is 2. The molecule has 3 rings (SSSR count). The number of fused-ring (bicyclic) bond motifs is 1. The van der Waals surface area contributed by atoms with Gasteiger partial charge in [0.1, 0.15) is 0 Å². The van der Waals surface area contributed by atoms with Crippen LogP contribution in [0.25, 0.3) is 0 Å². The van der Waals surface area contributed by atoms with Crippen LogP contribution in [0.4, 0.5) is 0 Å². The molecule has 1 aliphatic carbocycles. The molecule has 6 heteroatoms. The zero-order chi connectivity index (χ0) is 16.2. The van der Waals surface area contributed by atoms with Crippen molar-refractivity contribution < 1.29 is 9.59 Å². The highest BCUT2D eigenvalue weighted by atomic mass is 16.2. The standard InChI is InChI=1S/C17H30N4O2/c1-20-8-10-21(11-9-20)16(22)6-7-18-17(23)15-12-13-4-2-3-5-14(13)19-15/h13-15,19H,2-12H2,1H3,(H,18,23). The van der Waals surface area contributed by atoms with E-state index in [1.54, 1.807) is 0 Å². The van der Waals surface area contributed by atoms with Gasteiger partial charge in [0.2, 0.25) is 11.8 Å². The molecule has 2 heterocycles. The summed E-state index contributed by atoms with van der Waals surface area (Å²) in [5.74, 6) is 0.906. The molecular weight excluding hydrogens is 292 g/mol. The van der Waals surface area contributed by atoms with E-state index in [1.807, 2.05) is 4.90 Å². The molecule has 0 aromatic rings. The largest absolute Gasteiger partial charge is 0.354 e. The maximum atomic E-state index is 12.3. The molecule has 130 valence electrons. The molecule has 2 aliphatic heterocycles. The van der Waals surface area contributed by atoms with E-state index in [4.69, 9.17) is 0 Å². The minimum absolute atomic E-state index is 0.0539. The fourth-order valence-corrected chi connectivity index (χ4v) is 4.15. The van der Waals surface area contributed by atoms with Gasteiger partial charge in [-0.3, -0.25) is 9.59 Å². The van der Waals surface area contributed by atoms with Crippen LogP contribution in [0.5, 0.6) is 0 Å². The van der Waals surface area contributed by atoms with Crippen LogP contribution in [0.3, 0.4) is 0 Å². The molecule has 1 saturated carbocycles. The van der Waals surface area contributed by atoms with Gasteiger partial charge in [0.05, 0.1) is 6.04 Å². The lowest BCUT2D eigenvalue weighted by atomic mass is 9.85. The minimum Gasteiger partial charge on any atom is -0.354 e. The summed E-state index contributed by atoms with van der Waals surface area (Å²) in [5.41, 5.74) is 0. The Kier molecular flexibility index (Phi) is 5.54. The molecule has 3 fully saturated rings. The van der Waals surface area contributed by atoms with Crippen LogP contribution in [0.1, 0.15) is 38.5 Å². The van der Waals surface area contributed by atoms with E-state index in [0.717, 1.165) is 32.6 Å². The Morgan fingerprint density at radius 1 is 1.13 bits per heavy atom. The van der Waals surface area contributed by atoms with Crippen molar-refractivity contribution in [2.45, 2.75) is 50.6 Å². The van der Waals surface area contributed by atoms with E-state index in [0.29, 0.717) is 24.9 Å². The predicted molar refractivity (Wildman–Crippen MR) is 89.0 cm³/mol. The molecule has 0 aromatic carbocycles. The first-order chi connectivity index (χ1) is 11.1. The molecule has 2 amide bonds. The first-order valence-corrected chi connectivity index (χ1v) is 9.13. The fourth-order valence-electron chi connectivity index (χ4n) is 4.15. The number of piperazine rings is 1. The number of carbonyl (C=O) groups is 2. The number of likely N-dealkylation sites (N-methyl/N-ethyl adjacent to an activating group) is 1. The van der Waals surface area contributed by atoms with Gasteiger partial charge in [-0.2, -0.15) is 0 Å². The Labute approximate surface area is 139 Å². The van der Waals surface area contributed by atoms with Crippen molar-refractivity contribution in [1.29, 1.82) is 0 Å². The van der Waals surface area contributed by atoms with Crippen molar-refractivity contribution in [2.24, 2.45) is 5.92 Å². The van der Waals surface area contributed by atoms with Crippen molar-refractivity contribution in [2.75, 3.05) is 39.8 Å². The van der Waals surface area contributed by atoms with Crippen molar-refractivity contribution in [3.05, 3.63) is 0 Å². The van der Waals surface area contributed by atoms with Crippen molar-refractivity contribution >= 4 is 11.8 Å². The molecular formula is C17H30N4O2. The van der Waals surface area contributed by atoms with Crippen LogP contribution >= 0.6 is 0 Å². The predicted octanol–water partition coefficient (Wildman–Crippen LogP) is 0.187. The van der Waals surface area contributed by atoms with E-state index in [2.05, 4.69) is 22.6 Å². The molecule has 23 heavy (non-hydrogen) atoms. The second-order valence-electron chi connectivity index (χ2n) is 7.33. The number of carbonyl (C=O) groups excluding carboxylic acids is 2. The number of amides is 2. The Morgan fingerprint density at radius 3 is 2.61 bits per heavy atom. The first-order valence-electron chi connectivity index (χ1n) is 9.13. The molecule has 3 unspecified atom stereocenters. The van der Waals surface area contributed by atoms with Crippen LogP contribution in [0, 0.1) is 5.92 Å². The Hall–Kier alpha value is -1.14. The lowest BCUT2D eigenvalue weighted by Gasteiger charge is -2.32. The van der Waals surface area contributed by atoms with Gasteiger partial charge in [0.25, 0.3) is 0 Å². The third kappa shape index (κ3) is 4.23.